The summed E-state index contributed by atoms with van der Waals surface area (Å²) < 4.78 is 0. The predicted octanol–water partition coefficient (Wildman–Crippen LogP) is 1.01. The zero-order valence-corrected chi connectivity index (χ0v) is 12.3. The Hall–Kier alpha value is -0.550. The second kappa shape index (κ2) is 8.53. The van der Waals surface area contributed by atoms with Gasteiger partial charge in [-0.05, 0) is 26.9 Å². The van der Waals surface area contributed by atoms with Gasteiger partial charge in [0.05, 0.1) is 11.8 Å². The van der Waals surface area contributed by atoms with Gasteiger partial charge in [-0.3, -0.25) is 9.59 Å². The normalized spacial score (nSPS) is 12.9. The summed E-state index contributed by atoms with van der Waals surface area (Å²) in [7, 11) is 4.01. The van der Waals surface area contributed by atoms with Crippen molar-refractivity contribution < 1.29 is 9.59 Å². The van der Waals surface area contributed by atoms with E-state index in [-0.39, 0.29) is 23.7 Å². The average molecular weight is 260 g/mol. The third-order valence-electron chi connectivity index (χ3n) is 2.34. The monoisotopic (exact) mass is 260 g/mol. The molecule has 0 aliphatic heterocycles. The van der Waals surface area contributed by atoms with Gasteiger partial charge in [0.1, 0.15) is 0 Å². The lowest BCUT2D eigenvalue weighted by Crippen LogP contribution is -2.44. The van der Waals surface area contributed by atoms with Gasteiger partial charge in [0.25, 0.3) is 0 Å². The van der Waals surface area contributed by atoms with Gasteiger partial charge < -0.3 is 10.2 Å². The van der Waals surface area contributed by atoms with Crippen molar-refractivity contribution in [2.75, 3.05) is 32.1 Å². The number of carbonyl (C=O) groups excluding carboxylic acids is 2. The van der Waals surface area contributed by atoms with Crippen LogP contribution in [0.5, 0.6) is 0 Å². The van der Waals surface area contributed by atoms with E-state index in [0.29, 0.717) is 5.75 Å². The highest BCUT2D eigenvalue weighted by Gasteiger charge is 2.20. The van der Waals surface area contributed by atoms with Gasteiger partial charge in [-0.1, -0.05) is 13.8 Å². The Bertz CT molecular complexity index is 255. The van der Waals surface area contributed by atoms with Gasteiger partial charge in [-0.2, -0.15) is 11.8 Å². The minimum Gasteiger partial charge on any atom is -0.345 e. The summed E-state index contributed by atoms with van der Waals surface area (Å²) in [5, 5.41) is 2.78. The number of amides is 1. The number of nitrogens with one attached hydrogen (secondary N) is 1. The van der Waals surface area contributed by atoms with Crippen LogP contribution in [0.3, 0.4) is 0 Å². The standard InChI is InChI=1S/C12H24N2O2S/c1-9(2)12(10(3)15)13-11(16)8-17-7-6-14(4)5/h9,12H,6-8H2,1-5H3,(H,13,16). The molecule has 0 aromatic rings. The molecule has 100 valence electrons. The van der Waals surface area contributed by atoms with E-state index in [1.165, 1.54) is 6.92 Å². The number of thioether (sulfide) groups is 1. The van der Waals surface area contributed by atoms with Crippen LogP contribution in [0, 0.1) is 5.92 Å². The summed E-state index contributed by atoms with van der Waals surface area (Å²) in [5.41, 5.74) is 0. The van der Waals surface area contributed by atoms with Crippen LogP contribution in [0.4, 0.5) is 0 Å². The van der Waals surface area contributed by atoms with Crippen molar-refractivity contribution >= 4 is 23.5 Å². The summed E-state index contributed by atoms with van der Waals surface area (Å²) in [6, 6.07) is -0.350. The molecule has 0 rings (SSSR count). The molecule has 0 bridgehead atoms. The Labute approximate surface area is 109 Å². The van der Waals surface area contributed by atoms with Crippen LogP contribution >= 0.6 is 11.8 Å². The smallest absolute Gasteiger partial charge is 0.230 e. The van der Waals surface area contributed by atoms with Crippen molar-refractivity contribution in [2.45, 2.75) is 26.8 Å². The number of carbonyl (C=O) groups is 2. The first-order valence-corrected chi connectivity index (χ1v) is 7.02. The SMILES string of the molecule is CC(=O)C(NC(=O)CSCCN(C)C)C(C)C. The molecule has 0 aliphatic carbocycles. The third-order valence-corrected chi connectivity index (χ3v) is 3.27. The molecular weight excluding hydrogens is 236 g/mol. The Morgan fingerprint density at radius 2 is 1.88 bits per heavy atom. The van der Waals surface area contributed by atoms with Gasteiger partial charge in [0.15, 0.2) is 5.78 Å². The lowest BCUT2D eigenvalue weighted by Gasteiger charge is -2.19. The van der Waals surface area contributed by atoms with E-state index in [1.54, 1.807) is 11.8 Å². The maximum atomic E-state index is 11.6. The molecule has 0 aromatic heterocycles. The molecule has 5 heteroatoms. The Balaban J connectivity index is 3.87. The van der Waals surface area contributed by atoms with Crippen LogP contribution in [-0.4, -0.2) is 54.8 Å². The molecule has 1 amide bonds. The molecule has 0 spiro atoms. The van der Waals surface area contributed by atoms with Crippen molar-refractivity contribution in [1.82, 2.24) is 10.2 Å². The summed E-state index contributed by atoms with van der Waals surface area (Å²) in [4.78, 5) is 25.0. The van der Waals surface area contributed by atoms with Crippen molar-refractivity contribution in [2.24, 2.45) is 5.92 Å². The van der Waals surface area contributed by atoms with Crippen molar-refractivity contribution in [1.29, 1.82) is 0 Å². The van der Waals surface area contributed by atoms with Crippen LogP contribution in [0.15, 0.2) is 0 Å². The molecule has 0 saturated carbocycles. The third kappa shape index (κ3) is 8.21. The lowest BCUT2D eigenvalue weighted by molar-refractivity contribution is -0.126. The molecule has 0 aromatic carbocycles. The molecule has 0 aliphatic rings. The van der Waals surface area contributed by atoms with Gasteiger partial charge in [0.2, 0.25) is 5.91 Å². The molecule has 1 atom stereocenters. The zero-order valence-electron chi connectivity index (χ0n) is 11.4. The van der Waals surface area contributed by atoms with Crippen LogP contribution < -0.4 is 5.32 Å². The van der Waals surface area contributed by atoms with Gasteiger partial charge in [-0.25, -0.2) is 0 Å². The largest absolute Gasteiger partial charge is 0.345 e. The maximum Gasteiger partial charge on any atom is 0.230 e. The average Bonchev–Trinajstić information content (AvgIpc) is 2.19. The van der Waals surface area contributed by atoms with E-state index >= 15 is 0 Å². The Morgan fingerprint density at radius 1 is 1.29 bits per heavy atom. The predicted molar refractivity (Wildman–Crippen MR) is 73.3 cm³/mol. The first kappa shape index (κ1) is 16.4. The van der Waals surface area contributed by atoms with E-state index in [1.807, 2.05) is 27.9 Å². The summed E-state index contributed by atoms with van der Waals surface area (Å²) in [5.74, 6) is 1.45. The highest BCUT2D eigenvalue weighted by atomic mass is 32.2. The Morgan fingerprint density at radius 3 is 2.29 bits per heavy atom. The van der Waals surface area contributed by atoms with Crippen molar-refractivity contribution in [3.8, 4) is 0 Å². The molecule has 1 N–H and O–H groups in total. The minimum atomic E-state index is -0.350. The first-order valence-electron chi connectivity index (χ1n) is 5.87. The second-order valence-corrected chi connectivity index (χ2v) is 5.86. The van der Waals surface area contributed by atoms with Gasteiger partial charge >= 0.3 is 0 Å². The molecule has 1 unspecified atom stereocenters. The van der Waals surface area contributed by atoms with Gasteiger partial charge in [-0.15, -0.1) is 0 Å². The highest BCUT2D eigenvalue weighted by Crippen LogP contribution is 2.04. The molecule has 4 nitrogen and oxygen atoms in total. The fraction of sp³-hybridized carbons (Fsp3) is 0.833. The number of nitrogens with zero attached hydrogens (tertiary/aromatic N) is 1. The van der Waals surface area contributed by atoms with E-state index in [4.69, 9.17) is 0 Å². The second-order valence-electron chi connectivity index (χ2n) is 4.76. The van der Waals surface area contributed by atoms with E-state index < -0.39 is 0 Å². The summed E-state index contributed by atoms with van der Waals surface area (Å²) in [6.45, 7) is 6.35. The first-order chi connectivity index (χ1) is 7.84. The number of Topliss-reactive ketones (excluding diaryl/α,β-unsaturated/α-hetero) is 1. The molecule has 0 heterocycles. The zero-order chi connectivity index (χ0) is 13.4. The minimum absolute atomic E-state index is 0.0200. The Kier molecular flexibility index (Phi) is 8.25. The van der Waals surface area contributed by atoms with E-state index in [2.05, 4.69) is 10.2 Å². The topological polar surface area (TPSA) is 49.4 Å². The highest BCUT2D eigenvalue weighted by molar-refractivity contribution is 7.99. The molecule has 0 radical (unpaired) electrons. The fourth-order valence-electron chi connectivity index (χ4n) is 1.36. The van der Waals surface area contributed by atoms with Crippen molar-refractivity contribution in [3.05, 3.63) is 0 Å². The number of ketones is 1. The molecular formula is C12H24N2O2S. The number of rotatable bonds is 8. The fourth-order valence-corrected chi connectivity index (χ4v) is 2.27. The van der Waals surface area contributed by atoms with Crippen molar-refractivity contribution in [3.63, 3.8) is 0 Å². The molecule has 17 heavy (non-hydrogen) atoms. The van der Waals surface area contributed by atoms with Crippen LogP contribution in [-0.2, 0) is 9.59 Å². The van der Waals surface area contributed by atoms with Crippen LogP contribution in [0.1, 0.15) is 20.8 Å². The van der Waals surface area contributed by atoms with Crippen LogP contribution in [0.2, 0.25) is 0 Å². The summed E-state index contributed by atoms with van der Waals surface area (Å²) in [6.07, 6.45) is 0. The molecule has 0 saturated heterocycles. The lowest BCUT2D eigenvalue weighted by atomic mass is 10.0. The maximum absolute atomic E-state index is 11.6. The quantitative estimate of drug-likeness (QED) is 0.662. The number of hydrogen-bond acceptors (Lipinski definition) is 4. The van der Waals surface area contributed by atoms with E-state index in [9.17, 15) is 9.59 Å². The van der Waals surface area contributed by atoms with Gasteiger partial charge in [0, 0.05) is 12.3 Å². The summed E-state index contributed by atoms with van der Waals surface area (Å²) >= 11 is 1.59. The number of hydrogen-bond donors (Lipinski definition) is 1. The van der Waals surface area contributed by atoms with Crippen LogP contribution in [0.25, 0.3) is 0 Å². The molecule has 0 fully saturated rings. The van der Waals surface area contributed by atoms with E-state index in [0.717, 1.165) is 12.3 Å².